The van der Waals surface area contributed by atoms with Crippen LogP contribution in [-0.4, -0.2) is 53.2 Å². The lowest BCUT2D eigenvalue weighted by atomic mass is 9.71. The number of nitrogens with zero attached hydrogens (tertiary/aromatic N) is 2. The van der Waals surface area contributed by atoms with Crippen LogP contribution in [0, 0.1) is 23.2 Å². The molecular formula is C23H22Cl2F4N4O3. The molecule has 3 aliphatic heterocycles. The molecule has 3 amide bonds. The number of amides is 3. The van der Waals surface area contributed by atoms with Gasteiger partial charge in [-0.05, 0) is 43.9 Å². The van der Waals surface area contributed by atoms with E-state index in [1.165, 1.54) is 6.07 Å². The van der Waals surface area contributed by atoms with Crippen LogP contribution in [-0.2, 0) is 20.3 Å². The van der Waals surface area contributed by atoms with E-state index in [9.17, 15) is 28.4 Å². The Labute approximate surface area is 214 Å². The Morgan fingerprint density at radius 2 is 1.89 bits per heavy atom. The maximum absolute atomic E-state index is 15.4. The fraction of sp³-hybridized carbons (Fsp3) is 0.565. The van der Waals surface area contributed by atoms with Crippen LogP contribution in [0.2, 0.25) is 10.0 Å². The van der Waals surface area contributed by atoms with Crippen molar-refractivity contribution in [2.75, 3.05) is 6.54 Å². The van der Waals surface area contributed by atoms with E-state index >= 15 is 8.78 Å². The highest BCUT2D eigenvalue weighted by molar-refractivity contribution is 6.34. The summed E-state index contributed by atoms with van der Waals surface area (Å²) in [5, 5.41) is 14.1. The van der Waals surface area contributed by atoms with Gasteiger partial charge in [0.05, 0.1) is 12.0 Å². The number of nitriles is 1. The van der Waals surface area contributed by atoms with Gasteiger partial charge in [0.15, 0.2) is 0 Å². The summed E-state index contributed by atoms with van der Waals surface area (Å²) in [6.45, 7) is 0.402. The number of fused-ring (bicyclic) bond motifs is 3. The summed E-state index contributed by atoms with van der Waals surface area (Å²) in [6.07, 6.45) is -0.638. The molecule has 1 aromatic rings. The van der Waals surface area contributed by atoms with E-state index in [1.807, 2.05) is 6.07 Å². The molecule has 0 unspecified atom stereocenters. The number of benzene rings is 1. The predicted molar refractivity (Wildman–Crippen MR) is 120 cm³/mol. The summed E-state index contributed by atoms with van der Waals surface area (Å²) in [7, 11) is 0. The third-order valence-corrected chi connectivity index (χ3v) is 7.52. The fourth-order valence-electron chi connectivity index (χ4n) is 5.38. The molecule has 2 bridgehead atoms. The number of hydrogen-bond acceptors (Lipinski definition) is 4. The van der Waals surface area contributed by atoms with Gasteiger partial charge >= 0.3 is 5.92 Å². The molecule has 13 heteroatoms. The molecule has 0 aromatic heterocycles. The normalized spacial score (nSPS) is 27.8. The van der Waals surface area contributed by atoms with Gasteiger partial charge in [-0.25, -0.2) is 8.78 Å². The van der Waals surface area contributed by atoms with E-state index < -0.39 is 65.6 Å². The molecule has 3 saturated heterocycles. The van der Waals surface area contributed by atoms with Gasteiger partial charge < -0.3 is 15.5 Å². The molecule has 5 rings (SSSR count). The fourth-order valence-corrected chi connectivity index (χ4v) is 5.90. The lowest BCUT2D eigenvalue weighted by molar-refractivity contribution is -0.207. The van der Waals surface area contributed by atoms with Crippen molar-refractivity contribution < 1.29 is 31.9 Å². The largest absolute Gasteiger partial charge is 0.356 e. The third-order valence-electron chi connectivity index (χ3n) is 7.09. The molecule has 194 valence electrons. The maximum Gasteiger partial charge on any atom is 0.350 e. The highest BCUT2D eigenvalue weighted by Crippen LogP contribution is 2.50. The van der Waals surface area contributed by atoms with Gasteiger partial charge in [-0.1, -0.05) is 23.2 Å². The molecular weight excluding hydrogens is 527 g/mol. The minimum Gasteiger partial charge on any atom is -0.356 e. The van der Waals surface area contributed by atoms with Crippen molar-refractivity contribution in [3.05, 3.63) is 33.8 Å². The van der Waals surface area contributed by atoms with Crippen LogP contribution in [0.5, 0.6) is 0 Å². The number of carbonyl (C=O) groups is 3. The number of nitrogens with one attached hydrogen (secondary N) is 2. The van der Waals surface area contributed by atoms with Crippen molar-refractivity contribution in [1.29, 1.82) is 5.26 Å². The first kappa shape index (κ1) is 26.5. The van der Waals surface area contributed by atoms with Crippen LogP contribution in [0.1, 0.15) is 37.7 Å². The van der Waals surface area contributed by atoms with Crippen LogP contribution in [0.4, 0.5) is 17.6 Å². The van der Waals surface area contributed by atoms with Crippen molar-refractivity contribution in [1.82, 2.24) is 15.5 Å². The first-order valence-electron chi connectivity index (χ1n) is 11.4. The van der Waals surface area contributed by atoms with Crippen molar-refractivity contribution in [2.45, 2.75) is 62.1 Å². The third kappa shape index (κ3) is 4.85. The zero-order chi connectivity index (χ0) is 26.4. The van der Waals surface area contributed by atoms with Gasteiger partial charge in [0.25, 0.3) is 11.8 Å². The Morgan fingerprint density at radius 1 is 1.22 bits per heavy atom. The first-order chi connectivity index (χ1) is 16.8. The van der Waals surface area contributed by atoms with Crippen LogP contribution < -0.4 is 10.6 Å². The molecule has 5 atom stereocenters. The Kier molecular flexibility index (Phi) is 7.14. The summed E-state index contributed by atoms with van der Waals surface area (Å²) in [5.74, 6) is -13.1. The van der Waals surface area contributed by atoms with E-state index in [2.05, 4.69) is 10.6 Å². The second-order valence-corrected chi connectivity index (χ2v) is 10.3. The molecule has 1 saturated carbocycles. The summed E-state index contributed by atoms with van der Waals surface area (Å²) >= 11 is 11.6. The lowest BCUT2D eigenvalue weighted by Crippen LogP contribution is -2.70. The number of hydrogen-bond donors (Lipinski definition) is 2. The second-order valence-electron chi connectivity index (χ2n) is 9.40. The van der Waals surface area contributed by atoms with E-state index in [-0.39, 0.29) is 35.2 Å². The highest BCUT2D eigenvalue weighted by atomic mass is 35.5. The Balaban J connectivity index is 1.63. The number of alkyl halides is 4. The minimum atomic E-state index is -4.21. The smallest absolute Gasteiger partial charge is 0.350 e. The predicted octanol–water partition coefficient (Wildman–Crippen LogP) is 3.63. The lowest BCUT2D eigenvalue weighted by Gasteiger charge is -2.54. The number of carbonyl (C=O) groups excluding carboxylic acids is 3. The molecule has 0 spiro atoms. The first-order valence-corrected chi connectivity index (χ1v) is 12.1. The van der Waals surface area contributed by atoms with E-state index in [0.29, 0.717) is 17.9 Å². The minimum absolute atomic E-state index is 0.0199. The van der Waals surface area contributed by atoms with Crippen LogP contribution in [0.15, 0.2) is 18.2 Å². The van der Waals surface area contributed by atoms with Crippen molar-refractivity contribution in [2.24, 2.45) is 11.8 Å². The highest BCUT2D eigenvalue weighted by Gasteiger charge is 2.63. The number of piperidine rings is 2. The molecule has 1 aromatic carbocycles. The molecule has 3 heterocycles. The van der Waals surface area contributed by atoms with Crippen LogP contribution in [0.3, 0.4) is 0 Å². The Hall–Kier alpha value is -2.58. The number of halogens is 6. The van der Waals surface area contributed by atoms with Crippen LogP contribution in [0.25, 0.3) is 0 Å². The molecule has 4 fully saturated rings. The number of rotatable bonds is 6. The van der Waals surface area contributed by atoms with Gasteiger partial charge in [-0.15, -0.1) is 0 Å². The quantitative estimate of drug-likeness (QED) is 0.530. The van der Waals surface area contributed by atoms with Crippen molar-refractivity contribution >= 4 is 40.9 Å². The molecule has 4 aliphatic rings. The topological polar surface area (TPSA) is 102 Å². The van der Waals surface area contributed by atoms with Gasteiger partial charge in [0, 0.05) is 40.5 Å². The average Bonchev–Trinajstić information content (AvgIpc) is 3.20. The standard InChI is InChI=1S/C23H22Cl2F4N4O3/c24-13-6-12(7-14(25)8-13)23(28,29)21(36)33-16-1-2-17(22(26,27)9-16)18(33)20(35)32-15(10-30)5-11-3-4-31-19(11)34/h6-8,11,15-18H,1-5,9H2,(H,31,34)(H,32,35)/t11-,15+,16-,17-,18+/m0/s1. The van der Waals surface area contributed by atoms with Crippen molar-refractivity contribution in [3.63, 3.8) is 0 Å². The molecule has 0 radical (unpaired) electrons. The zero-order valence-electron chi connectivity index (χ0n) is 18.7. The SMILES string of the molecule is N#C[C@@H](C[C@@H]1CCNC1=O)NC(=O)[C@H]1[C@@H]2CC[C@@H](CC2(F)F)N1C(=O)C(F)(F)c1cc(Cl)cc(Cl)c1. The van der Waals surface area contributed by atoms with Crippen molar-refractivity contribution in [3.8, 4) is 6.07 Å². The van der Waals surface area contributed by atoms with Gasteiger partial charge in [-0.3, -0.25) is 14.4 Å². The molecule has 2 N–H and O–H groups in total. The summed E-state index contributed by atoms with van der Waals surface area (Å²) in [5.41, 5.74) is -0.834. The second kappa shape index (κ2) is 9.71. The van der Waals surface area contributed by atoms with E-state index in [4.69, 9.17) is 23.2 Å². The Morgan fingerprint density at radius 3 is 2.44 bits per heavy atom. The van der Waals surface area contributed by atoms with E-state index in [0.717, 1.165) is 12.1 Å². The molecule has 1 aliphatic carbocycles. The average molecular weight is 549 g/mol. The summed E-state index contributed by atoms with van der Waals surface area (Å²) in [4.78, 5) is 38.8. The van der Waals surface area contributed by atoms with Gasteiger partial charge in [0.2, 0.25) is 11.8 Å². The molecule has 36 heavy (non-hydrogen) atoms. The van der Waals surface area contributed by atoms with Gasteiger partial charge in [-0.2, -0.15) is 14.0 Å². The zero-order valence-corrected chi connectivity index (χ0v) is 20.3. The van der Waals surface area contributed by atoms with Crippen LogP contribution >= 0.6 is 23.2 Å². The van der Waals surface area contributed by atoms with Gasteiger partial charge in [0.1, 0.15) is 12.1 Å². The monoisotopic (exact) mass is 548 g/mol. The summed E-state index contributed by atoms with van der Waals surface area (Å²) in [6, 6.07) is 0.232. The van der Waals surface area contributed by atoms with E-state index in [1.54, 1.807) is 0 Å². The molecule has 7 nitrogen and oxygen atoms in total. The Bertz CT molecular complexity index is 1110. The summed E-state index contributed by atoms with van der Waals surface area (Å²) < 4.78 is 60.4. The maximum atomic E-state index is 15.4.